The Kier molecular flexibility index (Phi) is 3.52. The summed E-state index contributed by atoms with van der Waals surface area (Å²) in [7, 11) is 0. The standard InChI is InChI=1S/C14H17N3O4/c15-14(4-6-20-9-14)12(18)16-10-2-1-3-11(8-10)17-5-7-21-13(17)19/h1-3,8H,4-7,9,15H2,(H,16,18). The number of carbonyl (C=O) groups is 2. The van der Waals surface area contributed by atoms with Crippen LogP contribution in [-0.2, 0) is 14.3 Å². The summed E-state index contributed by atoms with van der Waals surface area (Å²) in [5.41, 5.74) is 6.30. The third-order valence-electron chi connectivity index (χ3n) is 3.68. The molecule has 1 aromatic rings. The van der Waals surface area contributed by atoms with Crippen molar-refractivity contribution in [2.24, 2.45) is 5.73 Å². The van der Waals surface area contributed by atoms with Crippen LogP contribution in [0.2, 0.25) is 0 Å². The van der Waals surface area contributed by atoms with Crippen LogP contribution in [0.4, 0.5) is 16.2 Å². The highest BCUT2D eigenvalue weighted by Crippen LogP contribution is 2.24. The summed E-state index contributed by atoms with van der Waals surface area (Å²) in [5, 5.41) is 2.78. The first-order chi connectivity index (χ1) is 10.1. The molecule has 21 heavy (non-hydrogen) atoms. The Balaban J connectivity index is 1.74. The lowest BCUT2D eigenvalue weighted by Crippen LogP contribution is -2.51. The third kappa shape index (κ3) is 2.70. The van der Waals surface area contributed by atoms with Gasteiger partial charge >= 0.3 is 6.09 Å². The first-order valence-corrected chi connectivity index (χ1v) is 6.81. The highest BCUT2D eigenvalue weighted by Gasteiger charge is 2.38. The molecule has 0 aromatic heterocycles. The molecular weight excluding hydrogens is 274 g/mol. The minimum absolute atomic E-state index is 0.219. The van der Waals surface area contributed by atoms with Gasteiger partial charge in [-0.1, -0.05) is 6.07 Å². The number of hydrogen-bond acceptors (Lipinski definition) is 5. The average Bonchev–Trinajstić information content (AvgIpc) is 3.09. The minimum atomic E-state index is -0.984. The highest BCUT2D eigenvalue weighted by molar-refractivity contribution is 5.99. The number of hydrogen-bond donors (Lipinski definition) is 2. The topological polar surface area (TPSA) is 93.9 Å². The number of nitrogens with two attached hydrogens (primary N) is 1. The minimum Gasteiger partial charge on any atom is -0.447 e. The summed E-state index contributed by atoms with van der Waals surface area (Å²) in [6, 6.07) is 7.04. The van der Waals surface area contributed by atoms with E-state index >= 15 is 0 Å². The molecule has 2 heterocycles. The molecule has 1 unspecified atom stereocenters. The van der Waals surface area contributed by atoms with Crippen LogP contribution in [0.15, 0.2) is 24.3 Å². The van der Waals surface area contributed by atoms with Crippen molar-refractivity contribution in [3.05, 3.63) is 24.3 Å². The maximum Gasteiger partial charge on any atom is 0.414 e. The van der Waals surface area contributed by atoms with Crippen LogP contribution in [0.3, 0.4) is 0 Å². The molecule has 0 bridgehead atoms. The molecule has 3 rings (SSSR count). The SMILES string of the molecule is NC1(C(=O)Nc2cccc(N3CCOC3=O)c2)CCOC1. The van der Waals surface area contributed by atoms with Gasteiger partial charge in [0.1, 0.15) is 12.1 Å². The summed E-state index contributed by atoms with van der Waals surface area (Å²) in [6.45, 7) is 1.59. The highest BCUT2D eigenvalue weighted by atomic mass is 16.6. The summed E-state index contributed by atoms with van der Waals surface area (Å²) in [6.07, 6.45) is 0.120. The lowest BCUT2D eigenvalue weighted by molar-refractivity contribution is -0.121. The van der Waals surface area contributed by atoms with Crippen molar-refractivity contribution >= 4 is 23.4 Å². The van der Waals surface area contributed by atoms with E-state index in [2.05, 4.69) is 5.32 Å². The zero-order valence-corrected chi connectivity index (χ0v) is 11.5. The second kappa shape index (κ2) is 5.34. The normalized spacial score (nSPS) is 25.0. The van der Waals surface area contributed by atoms with E-state index in [0.29, 0.717) is 37.6 Å². The first kappa shape index (κ1) is 13.8. The van der Waals surface area contributed by atoms with Crippen molar-refractivity contribution in [1.82, 2.24) is 0 Å². The van der Waals surface area contributed by atoms with E-state index in [1.54, 1.807) is 24.3 Å². The van der Waals surface area contributed by atoms with Crippen molar-refractivity contribution in [3.63, 3.8) is 0 Å². The molecular formula is C14H17N3O4. The van der Waals surface area contributed by atoms with Crippen LogP contribution in [0.1, 0.15) is 6.42 Å². The molecule has 2 amide bonds. The molecule has 0 aliphatic carbocycles. The van der Waals surface area contributed by atoms with E-state index in [0.717, 1.165) is 0 Å². The van der Waals surface area contributed by atoms with E-state index in [9.17, 15) is 9.59 Å². The predicted molar refractivity (Wildman–Crippen MR) is 76.1 cm³/mol. The second-order valence-electron chi connectivity index (χ2n) is 5.23. The largest absolute Gasteiger partial charge is 0.447 e. The number of amides is 2. The Morgan fingerprint density at radius 2 is 2.24 bits per heavy atom. The Bertz CT molecular complexity index is 569. The average molecular weight is 291 g/mol. The maximum atomic E-state index is 12.2. The fourth-order valence-electron chi connectivity index (χ4n) is 2.39. The van der Waals surface area contributed by atoms with E-state index in [-0.39, 0.29) is 18.6 Å². The smallest absolute Gasteiger partial charge is 0.414 e. The van der Waals surface area contributed by atoms with Gasteiger partial charge in [0.15, 0.2) is 0 Å². The number of benzene rings is 1. The van der Waals surface area contributed by atoms with Crippen molar-refractivity contribution in [2.45, 2.75) is 12.0 Å². The van der Waals surface area contributed by atoms with Crippen LogP contribution >= 0.6 is 0 Å². The number of carbonyl (C=O) groups excluding carboxylic acids is 2. The maximum absolute atomic E-state index is 12.2. The van der Waals surface area contributed by atoms with Gasteiger partial charge in [-0.2, -0.15) is 0 Å². The molecule has 0 radical (unpaired) electrons. The van der Waals surface area contributed by atoms with Crippen LogP contribution < -0.4 is 16.0 Å². The van der Waals surface area contributed by atoms with Crippen molar-refractivity contribution < 1.29 is 19.1 Å². The van der Waals surface area contributed by atoms with Gasteiger partial charge in [0.2, 0.25) is 5.91 Å². The molecule has 7 heteroatoms. The molecule has 2 fully saturated rings. The van der Waals surface area contributed by atoms with Gasteiger partial charge in [0.05, 0.1) is 13.2 Å². The van der Waals surface area contributed by atoms with Crippen LogP contribution in [0.25, 0.3) is 0 Å². The van der Waals surface area contributed by atoms with E-state index in [1.807, 2.05) is 0 Å². The van der Waals surface area contributed by atoms with E-state index in [4.69, 9.17) is 15.2 Å². The third-order valence-corrected chi connectivity index (χ3v) is 3.68. The Labute approximate surface area is 122 Å². The Hall–Kier alpha value is -2.12. The van der Waals surface area contributed by atoms with E-state index in [1.165, 1.54) is 4.90 Å². The number of anilines is 2. The molecule has 2 aliphatic rings. The molecule has 2 saturated heterocycles. The Morgan fingerprint density at radius 1 is 1.38 bits per heavy atom. The quantitative estimate of drug-likeness (QED) is 0.855. The molecule has 2 aliphatic heterocycles. The number of ether oxygens (including phenoxy) is 2. The second-order valence-corrected chi connectivity index (χ2v) is 5.23. The summed E-state index contributed by atoms with van der Waals surface area (Å²) < 4.78 is 10.1. The van der Waals surface area contributed by atoms with Gasteiger partial charge < -0.3 is 20.5 Å². The number of cyclic esters (lactones) is 1. The van der Waals surface area contributed by atoms with Crippen molar-refractivity contribution in [1.29, 1.82) is 0 Å². The molecule has 1 aromatic carbocycles. The molecule has 0 saturated carbocycles. The van der Waals surface area contributed by atoms with Gasteiger partial charge in [0, 0.05) is 18.0 Å². The van der Waals surface area contributed by atoms with Crippen LogP contribution in [0, 0.1) is 0 Å². The summed E-state index contributed by atoms with van der Waals surface area (Å²) >= 11 is 0. The van der Waals surface area contributed by atoms with Gasteiger partial charge in [-0.15, -0.1) is 0 Å². The first-order valence-electron chi connectivity index (χ1n) is 6.81. The predicted octanol–water partition coefficient (Wildman–Crippen LogP) is 0.699. The number of nitrogens with one attached hydrogen (secondary N) is 1. The van der Waals surface area contributed by atoms with Crippen LogP contribution in [0.5, 0.6) is 0 Å². The number of rotatable bonds is 3. The zero-order valence-electron chi connectivity index (χ0n) is 11.5. The van der Waals surface area contributed by atoms with Gasteiger partial charge in [0.25, 0.3) is 0 Å². The van der Waals surface area contributed by atoms with Crippen LogP contribution in [-0.4, -0.2) is 43.9 Å². The molecule has 7 nitrogen and oxygen atoms in total. The molecule has 3 N–H and O–H groups in total. The van der Waals surface area contributed by atoms with E-state index < -0.39 is 5.54 Å². The van der Waals surface area contributed by atoms with Gasteiger partial charge in [-0.05, 0) is 24.6 Å². The molecule has 0 spiro atoms. The monoisotopic (exact) mass is 291 g/mol. The molecule has 112 valence electrons. The lowest BCUT2D eigenvalue weighted by Gasteiger charge is -2.21. The fraction of sp³-hybridized carbons (Fsp3) is 0.429. The van der Waals surface area contributed by atoms with Crippen molar-refractivity contribution in [3.8, 4) is 0 Å². The zero-order chi connectivity index (χ0) is 14.9. The summed E-state index contributed by atoms with van der Waals surface area (Å²) in [5.74, 6) is -0.277. The number of nitrogens with zero attached hydrogens (tertiary/aromatic N) is 1. The summed E-state index contributed by atoms with van der Waals surface area (Å²) in [4.78, 5) is 25.3. The Morgan fingerprint density at radius 3 is 2.90 bits per heavy atom. The van der Waals surface area contributed by atoms with Crippen molar-refractivity contribution in [2.75, 3.05) is 36.6 Å². The van der Waals surface area contributed by atoms with Gasteiger partial charge in [-0.25, -0.2) is 4.79 Å². The fourth-order valence-corrected chi connectivity index (χ4v) is 2.39. The van der Waals surface area contributed by atoms with Gasteiger partial charge in [-0.3, -0.25) is 9.69 Å². The lowest BCUT2D eigenvalue weighted by atomic mass is 9.99. The molecule has 1 atom stereocenters.